The standard InChI is InChI=1S/C27H22IN3O7S/c1-16-6-5-8-19(10-16)29-24(32)15-38-25-20(28)11-17(12-22(25)37-2)13-23-26(33)30(27(34)39-23)14-18-7-3-4-9-21(18)31(35)36/h3-13H,14-15H2,1-2H3,(H,29,32)/b23-13-. The van der Waals surface area contributed by atoms with Crippen molar-refractivity contribution in [3.8, 4) is 11.5 Å². The molecule has 0 aliphatic carbocycles. The van der Waals surface area contributed by atoms with Crippen molar-refractivity contribution in [1.29, 1.82) is 0 Å². The molecule has 12 heteroatoms. The van der Waals surface area contributed by atoms with Crippen LogP contribution in [0.4, 0.5) is 16.2 Å². The summed E-state index contributed by atoms with van der Waals surface area (Å²) in [4.78, 5) is 49.9. The van der Waals surface area contributed by atoms with Crippen molar-refractivity contribution in [1.82, 2.24) is 4.90 Å². The first kappa shape index (κ1) is 28.1. The molecule has 1 fully saturated rings. The SMILES string of the molecule is COc1cc(/C=C2\SC(=O)N(Cc3ccccc3[N+](=O)[O-])C2=O)cc(I)c1OCC(=O)Nc1cccc(C)c1. The number of methoxy groups -OCH3 is 1. The predicted octanol–water partition coefficient (Wildman–Crippen LogP) is 5.77. The van der Waals surface area contributed by atoms with Gasteiger partial charge in [0.2, 0.25) is 0 Å². The van der Waals surface area contributed by atoms with Gasteiger partial charge in [0, 0.05) is 17.3 Å². The Balaban J connectivity index is 1.48. The Bertz CT molecular complexity index is 1510. The molecule has 200 valence electrons. The lowest BCUT2D eigenvalue weighted by Crippen LogP contribution is -2.27. The summed E-state index contributed by atoms with van der Waals surface area (Å²) < 4.78 is 11.8. The summed E-state index contributed by atoms with van der Waals surface area (Å²) >= 11 is 2.79. The number of nitrogens with one attached hydrogen (secondary N) is 1. The van der Waals surface area contributed by atoms with Gasteiger partial charge in [-0.3, -0.25) is 29.4 Å². The van der Waals surface area contributed by atoms with Crippen LogP contribution in [0.2, 0.25) is 0 Å². The molecule has 3 aromatic carbocycles. The lowest BCUT2D eigenvalue weighted by Gasteiger charge is -2.14. The molecule has 1 aliphatic rings. The Morgan fingerprint density at radius 1 is 1.15 bits per heavy atom. The molecule has 1 aliphatic heterocycles. The average molecular weight is 659 g/mol. The van der Waals surface area contributed by atoms with Crippen molar-refractivity contribution in [2.24, 2.45) is 0 Å². The minimum atomic E-state index is -0.551. The monoisotopic (exact) mass is 659 g/mol. The van der Waals surface area contributed by atoms with Gasteiger partial charge in [0.15, 0.2) is 18.1 Å². The van der Waals surface area contributed by atoms with Gasteiger partial charge in [-0.1, -0.05) is 30.3 Å². The number of anilines is 1. The Morgan fingerprint density at radius 3 is 2.64 bits per heavy atom. The molecule has 1 heterocycles. The highest BCUT2D eigenvalue weighted by molar-refractivity contribution is 14.1. The van der Waals surface area contributed by atoms with Crippen molar-refractivity contribution in [2.45, 2.75) is 13.5 Å². The quantitative estimate of drug-likeness (QED) is 0.133. The molecule has 0 bridgehead atoms. The number of carbonyl (C=O) groups excluding carboxylic acids is 3. The van der Waals surface area contributed by atoms with Crippen LogP contribution in [0.3, 0.4) is 0 Å². The minimum absolute atomic E-state index is 0.164. The fraction of sp³-hybridized carbons (Fsp3) is 0.148. The van der Waals surface area contributed by atoms with Crippen molar-refractivity contribution >= 4 is 68.9 Å². The second-order valence-electron chi connectivity index (χ2n) is 8.39. The summed E-state index contributed by atoms with van der Waals surface area (Å²) in [6, 6.07) is 16.7. The molecule has 0 unspecified atom stereocenters. The number of thioether (sulfide) groups is 1. The summed E-state index contributed by atoms with van der Waals surface area (Å²) in [5.74, 6) is -0.185. The molecule has 3 aromatic rings. The van der Waals surface area contributed by atoms with E-state index in [0.29, 0.717) is 26.3 Å². The van der Waals surface area contributed by atoms with Gasteiger partial charge in [-0.05, 0) is 82.7 Å². The Kier molecular flexibility index (Phi) is 8.86. The lowest BCUT2D eigenvalue weighted by molar-refractivity contribution is -0.385. The third kappa shape index (κ3) is 6.75. The van der Waals surface area contributed by atoms with Crippen molar-refractivity contribution in [3.63, 3.8) is 0 Å². The number of amides is 3. The maximum Gasteiger partial charge on any atom is 0.293 e. The normalized spacial score (nSPS) is 14.0. The number of nitro benzene ring substituents is 1. The highest BCUT2D eigenvalue weighted by atomic mass is 127. The largest absolute Gasteiger partial charge is 0.493 e. The van der Waals surface area contributed by atoms with E-state index in [-0.39, 0.29) is 35.2 Å². The molecule has 4 rings (SSSR count). The van der Waals surface area contributed by atoms with E-state index >= 15 is 0 Å². The zero-order chi connectivity index (χ0) is 28.1. The average Bonchev–Trinajstić information content (AvgIpc) is 3.15. The predicted molar refractivity (Wildman–Crippen MR) is 156 cm³/mol. The van der Waals surface area contributed by atoms with Gasteiger partial charge < -0.3 is 14.8 Å². The van der Waals surface area contributed by atoms with Crippen molar-refractivity contribution < 1.29 is 28.8 Å². The zero-order valence-corrected chi connectivity index (χ0v) is 23.8. The molecule has 10 nitrogen and oxygen atoms in total. The second-order valence-corrected chi connectivity index (χ2v) is 10.5. The van der Waals surface area contributed by atoms with E-state index in [2.05, 4.69) is 5.32 Å². The first-order valence-corrected chi connectivity index (χ1v) is 13.4. The van der Waals surface area contributed by atoms with Gasteiger partial charge in [0.05, 0.1) is 27.1 Å². The summed E-state index contributed by atoms with van der Waals surface area (Å²) in [5.41, 5.74) is 2.35. The minimum Gasteiger partial charge on any atom is -0.493 e. The number of rotatable bonds is 9. The molecule has 0 radical (unpaired) electrons. The number of ether oxygens (including phenoxy) is 2. The number of hydrogen-bond acceptors (Lipinski definition) is 8. The van der Waals surface area contributed by atoms with Crippen LogP contribution in [-0.2, 0) is 16.1 Å². The molecule has 3 amide bonds. The molecule has 0 atom stereocenters. The summed E-state index contributed by atoms with van der Waals surface area (Å²) in [7, 11) is 1.45. The van der Waals surface area contributed by atoms with E-state index in [0.717, 1.165) is 22.2 Å². The van der Waals surface area contributed by atoms with Gasteiger partial charge in [0.1, 0.15) is 0 Å². The number of carbonyl (C=O) groups is 3. The van der Waals surface area contributed by atoms with Gasteiger partial charge in [-0.25, -0.2) is 0 Å². The fourth-order valence-electron chi connectivity index (χ4n) is 3.80. The van der Waals surface area contributed by atoms with Crippen LogP contribution in [0.1, 0.15) is 16.7 Å². The third-order valence-electron chi connectivity index (χ3n) is 5.59. The van der Waals surface area contributed by atoms with Crippen molar-refractivity contribution in [2.75, 3.05) is 19.0 Å². The first-order valence-electron chi connectivity index (χ1n) is 11.5. The Hall–Kier alpha value is -3.91. The van der Waals surface area contributed by atoms with E-state index in [9.17, 15) is 24.5 Å². The number of imide groups is 1. The molecule has 1 N–H and O–H groups in total. The lowest BCUT2D eigenvalue weighted by atomic mass is 10.1. The molecular weight excluding hydrogens is 637 g/mol. The number of para-hydroxylation sites is 1. The highest BCUT2D eigenvalue weighted by Gasteiger charge is 2.36. The van der Waals surface area contributed by atoms with Gasteiger partial charge in [-0.2, -0.15) is 0 Å². The molecule has 0 saturated carbocycles. The van der Waals surface area contributed by atoms with Crippen LogP contribution >= 0.6 is 34.4 Å². The fourth-order valence-corrected chi connectivity index (χ4v) is 5.42. The number of aryl methyl sites for hydroxylation is 1. The topological polar surface area (TPSA) is 128 Å². The van der Waals surface area contributed by atoms with Crippen LogP contribution in [-0.4, -0.2) is 40.6 Å². The van der Waals surface area contributed by atoms with Crippen LogP contribution in [0.5, 0.6) is 11.5 Å². The molecule has 0 aromatic heterocycles. The van der Waals surface area contributed by atoms with E-state index < -0.39 is 16.1 Å². The van der Waals surface area contributed by atoms with Gasteiger partial charge in [-0.15, -0.1) is 0 Å². The summed E-state index contributed by atoms with van der Waals surface area (Å²) in [5, 5.41) is 13.6. The summed E-state index contributed by atoms with van der Waals surface area (Å²) in [6.07, 6.45) is 1.54. The first-order chi connectivity index (χ1) is 18.7. The van der Waals surface area contributed by atoms with Crippen molar-refractivity contribution in [3.05, 3.63) is 95.9 Å². The number of halogens is 1. The zero-order valence-electron chi connectivity index (χ0n) is 20.8. The number of benzene rings is 3. The van der Waals surface area contributed by atoms with E-state index in [1.54, 1.807) is 30.3 Å². The van der Waals surface area contributed by atoms with E-state index in [1.165, 1.54) is 25.3 Å². The molecule has 1 saturated heterocycles. The number of nitrogens with zero attached hydrogens (tertiary/aromatic N) is 2. The molecule has 0 spiro atoms. The summed E-state index contributed by atoms with van der Waals surface area (Å²) in [6.45, 7) is 1.47. The number of nitro groups is 1. The smallest absolute Gasteiger partial charge is 0.293 e. The van der Waals surface area contributed by atoms with Crippen LogP contribution in [0, 0.1) is 20.6 Å². The highest BCUT2D eigenvalue weighted by Crippen LogP contribution is 2.38. The van der Waals surface area contributed by atoms with Gasteiger partial charge >= 0.3 is 0 Å². The molecule has 39 heavy (non-hydrogen) atoms. The van der Waals surface area contributed by atoms with Crippen LogP contribution in [0.25, 0.3) is 6.08 Å². The van der Waals surface area contributed by atoms with Crippen LogP contribution in [0.15, 0.2) is 65.6 Å². The maximum atomic E-state index is 13.0. The Morgan fingerprint density at radius 2 is 1.92 bits per heavy atom. The van der Waals surface area contributed by atoms with Crippen LogP contribution < -0.4 is 14.8 Å². The third-order valence-corrected chi connectivity index (χ3v) is 7.30. The Labute approximate surface area is 241 Å². The van der Waals surface area contributed by atoms with Gasteiger partial charge in [0.25, 0.3) is 22.7 Å². The molecular formula is C27H22IN3O7S. The maximum absolute atomic E-state index is 13.0. The number of hydrogen-bond donors (Lipinski definition) is 1. The second kappa shape index (κ2) is 12.3. The van der Waals surface area contributed by atoms with E-state index in [4.69, 9.17) is 9.47 Å². The van der Waals surface area contributed by atoms with E-state index in [1.807, 2.05) is 47.7 Å².